The summed E-state index contributed by atoms with van der Waals surface area (Å²) in [4.78, 5) is 23.4. The summed E-state index contributed by atoms with van der Waals surface area (Å²) in [5, 5.41) is 2.97. The third-order valence-corrected chi connectivity index (χ3v) is 3.60. The van der Waals surface area contributed by atoms with Crippen molar-refractivity contribution in [3.8, 4) is 0 Å². The van der Waals surface area contributed by atoms with Gasteiger partial charge in [-0.05, 0) is 31.2 Å². The number of carbonyl (C=O) groups excluding carboxylic acids is 2. The Bertz CT molecular complexity index is 494. The van der Waals surface area contributed by atoms with Gasteiger partial charge in [-0.25, -0.2) is 0 Å². The molecule has 108 valence electrons. The monoisotopic (exact) mass is 275 g/mol. The third kappa shape index (κ3) is 4.37. The van der Waals surface area contributed by atoms with Crippen molar-refractivity contribution >= 4 is 11.9 Å². The van der Waals surface area contributed by atoms with E-state index in [1.165, 1.54) is 7.11 Å². The van der Waals surface area contributed by atoms with E-state index in [4.69, 9.17) is 0 Å². The molecule has 1 amide bonds. The van der Waals surface area contributed by atoms with E-state index in [0.29, 0.717) is 12.3 Å². The van der Waals surface area contributed by atoms with Crippen LogP contribution in [-0.4, -0.2) is 25.0 Å². The van der Waals surface area contributed by atoms with E-state index in [9.17, 15) is 9.59 Å². The molecule has 1 fully saturated rings. The Morgan fingerprint density at radius 3 is 2.75 bits per heavy atom. The van der Waals surface area contributed by atoms with Gasteiger partial charge in [0.05, 0.1) is 20.0 Å². The van der Waals surface area contributed by atoms with Crippen molar-refractivity contribution in [1.29, 1.82) is 0 Å². The summed E-state index contributed by atoms with van der Waals surface area (Å²) in [6, 6.07) is 7.82. The molecule has 1 aromatic carbocycles. The zero-order valence-corrected chi connectivity index (χ0v) is 12.0. The highest BCUT2D eigenvalue weighted by atomic mass is 16.5. The number of rotatable bonds is 6. The number of carbonyl (C=O) groups is 2. The average Bonchev–Trinajstić information content (AvgIpc) is 3.22. The number of aryl methyl sites for hydroxylation is 1. The van der Waals surface area contributed by atoms with Crippen LogP contribution < -0.4 is 5.32 Å². The van der Waals surface area contributed by atoms with Gasteiger partial charge in [-0.15, -0.1) is 0 Å². The molecule has 1 N–H and O–H groups in total. The molecule has 4 nitrogen and oxygen atoms in total. The lowest BCUT2D eigenvalue weighted by Crippen LogP contribution is -2.39. The molecule has 0 aromatic heterocycles. The first-order valence-corrected chi connectivity index (χ1v) is 7.00. The third-order valence-electron chi connectivity index (χ3n) is 3.60. The smallest absolute Gasteiger partial charge is 0.307 e. The molecule has 0 radical (unpaired) electrons. The van der Waals surface area contributed by atoms with E-state index in [1.54, 1.807) is 0 Å². The van der Waals surface area contributed by atoms with E-state index < -0.39 is 0 Å². The van der Waals surface area contributed by atoms with Gasteiger partial charge in [0.25, 0.3) is 0 Å². The summed E-state index contributed by atoms with van der Waals surface area (Å²) in [5.74, 6) is 0.129. The topological polar surface area (TPSA) is 55.4 Å². The second kappa shape index (κ2) is 6.55. The molecule has 4 heteroatoms. The maximum atomic E-state index is 12.1. The minimum Gasteiger partial charge on any atom is -0.469 e. The fraction of sp³-hybridized carbons (Fsp3) is 0.500. The molecule has 0 saturated heterocycles. The predicted molar refractivity (Wildman–Crippen MR) is 76.2 cm³/mol. The molecule has 2 rings (SSSR count). The van der Waals surface area contributed by atoms with Gasteiger partial charge in [0.1, 0.15) is 0 Å². The van der Waals surface area contributed by atoms with Crippen molar-refractivity contribution in [1.82, 2.24) is 5.32 Å². The van der Waals surface area contributed by atoms with Crippen LogP contribution in [0.3, 0.4) is 0 Å². The van der Waals surface area contributed by atoms with Crippen LogP contribution in [-0.2, 0) is 20.7 Å². The van der Waals surface area contributed by atoms with Gasteiger partial charge in [-0.2, -0.15) is 0 Å². The zero-order chi connectivity index (χ0) is 14.5. The fourth-order valence-electron chi connectivity index (χ4n) is 2.36. The van der Waals surface area contributed by atoms with Crippen LogP contribution in [0, 0.1) is 12.8 Å². The average molecular weight is 275 g/mol. The second-order valence-corrected chi connectivity index (χ2v) is 5.46. The Balaban J connectivity index is 1.89. The maximum Gasteiger partial charge on any atom is 0.307 e. The lowest BCUT2D eigenvalue weighted by atomic mass is 10.1. The van der Waals surface area contributed by atoms with Gasteiger partial charge >= 0.3 is 5.97 Å². The Morgan fingerprint density at radius 2 is 2.15 bits per heavy atom. The molecule has 0 heterocycles. The summed E-state index contributed by atoms with van der Waals surface area (Å²) in [6.45, 7) is 2.01. The number of ether oxygens (including phenoxy) is 1. The molecule has 1 aliphatic carbocycles. The van der Waals surface area contributed by atoms with E-state index in [2.05, 4.69) is 10.1 Å². The number of amides is 1. The number of benzene rings is 1. The largest absolute Gasteiger partial charge is 0.469 e. The quantitative estimate of drug-likeness (QED) is 0.808. The normalized spacial score (nSPS) is 15.5. The minimum absolute atomic E-state index is 0.0311. The summed E-state index contributed by atoms with van der Waals surface area (Å²) >= 11 is 0. The van der Waals surface area contributed by atoms with Gasteiger partial charge in [-0.3, -0.25) is 9.59 Å². The van der Waals surface area contributed by atoms with Gasteiger partial charge in [0.15, 0.2) is 0 Å². The molecule has 20 heavy (non-hydrogen) atoms. The zero-order valence-electron chi connectivity index (χ0n) is 12.0. The van der Waals surface area contributed by atoms with Crippen LogP contribution in [0.4, 0.5) is 0 Å². The van der Waals surface area contributed by atoms with Crippen LogP contribution in [0.25, 0.3) is 0 Å². The predicted octanol–water partition coefficient (Wildman–Crippen LogP) is 2.00. The van der Waals surface area contributed by atoms with E-state index >= 15 is 0 Å². The molecule has 0 unspecified atom stereocenters. The molecule has 0 aliphatic heterocycles. The molecular formula is C16H21NO3. The maximum absolute atomic E-state index is 12.1. The SMILES string of the molecule is COC(=O)C[C@H](NC(=O)Cc1cccc(C)c1)C1CC1. The highest BCUT2D eigenvalue weighted by Crippen LogP contribution is 2.34. The van der Waals surface area contributed by atoms with Gasteiger partial charge in [0.2, 0.25) is 5.91 Å². The molecule has 1 aromatic rings. The Kier molecular flexibility index (Phi) is 4.77. The Morgan fingerprint density at radius 1 is 1.40 bits per heavy atom. The van der Waals surface area contributed by atoms with Crippen LogP contribution in [0.15, 0.2) is 24.3 Å². The van der Waals surface area contributed by atoms with Crippen molar-refractivity contribution in [2.45, 2.75) is 38.6 Å². The Hall–Kier alpha value is -1.84. The van der Waals surface area contributed by atoms with Crippen LogP contribution in [0.1, 0.15) is 30.4 Å². The summed E-state index contributed by atoms with van der Waals surface area (Å²) in [7, 11) is 1.38. The Labute approximate surface area is 119 Å². The first-order valence-electron chi connectivity index (χ1n) is 7.00. The van der Waals surface area contributed by atoms with Gasteiger partial charge in [0, 0.05) is 6.04 Å². The van der Waals surface area contributed by atoms with Crippen molar-refractivity contribution in [3.63, 3.8) is 0 Å². The summed E-state index contributed by atoms with van der Waals surface area (Å²) in [5.41, 5.74) is 2.14. The molecule has 1 atom stereocenters. The number of nitrogens with one attached hydrogen (secondary N) is 1. The van der Waals surface area contributed by atoms with Crippen molar-refractivity contribution in [2.75, 3.05) is 7.11 Å². The second-order valence-electron chi connectivity index (χ2n) is 5.46. The van der Waals surface area contributed by atoms with Crippen LogP contribution >= 0.6 is 0 Å². The van der Waals surface area contributed by atoms with Gasteiger partial charge < -0.3 is 10.1 Å². The fourth-order valence-corrected chi connectivity index (χ4v) is 2.36. The molecule has 1 aliphatic rings. The number of hydrogen-bond donors (Lipinski definition) is 1. The first-order chi connectivity index (χ1) is 9.58. The molecular weight excluding hydrogens is 254 g/mol. The molecule has 0 spiro atoms. The van der Waals surface area contributed by atoms with Crippen LogP contribution in [0.2, 0.25) is 0 Å². The van der Waals surface area contributed by atoms with Crippen molar-refractivity contribution < 1.29 is 14.3 Å². The first kappa shape index (κ1) is 14.6. The lowest BCUT2D eigenvalue weighted by molar-refractivity contribution is -0.141. The van der Waals surface area contributed by atoms with E-state index in [0.717, 1.165) is 24.0 Å². The highest BCUT2D eigenvalue weighted by molar-refractivity contribution is 5.80. The van der Waals surface area contributed by atoms with Crippen molar-refractivity contribution in [3.05, 3.63) is 35.4 Å². The summed E-state index contributed by atoms with van der Waals surface area (Å²) in [6.07, 6.45) is 2.77. The van der Waals surface area contributed by atoms with E-state index in [1.807, 2.05) is 31.2 Å². The number of methoxy groups -OCH3 is 1. The summed E-state index contributed by atoms with van der Waals surface area (Å²) < 4.78 is 4.68. The molecule has 0 bridgehead atoms. The van der Waals surface area contributed by atoms with E-state index in [-0.39, 0.29) is 24.3 Å². The molecule has 1 saturated carbocycles. The standard InChI is InChI=1S/C16H21NO3/c1-11-4-3-5-12(8-11)9-15(18)17-14(13-6-7-13)10-16(19)20-2/h3-5,8,13-14H,6-7,9-10H2,1-2H3,(H,17,18)/t14-/m0/s1. The van der Waals surface area contributed by atoms with Crippen molar-refractivity contribution in [2.24, 2.45) is 5.92 Å². The highest BCUT2D eigenvalue weighted by Gasteiger charge is 2.33. The lowest BCUT2D eigenvalue weighted by Gasteiger charge is -2.17. The number of esters is 1. The minimum atomic E-state index is -0.266. The van der Waals surface area contributed by atoms with Gasteiger partial charge in [-0.1, -0.05) is 29.8 Å². The van der Waals surface area contributed by atoms with Crippen LogP contribution in [0.5, 0.6) is 0 Å². The number of hydrogen-bond acceptors (Lipinski definition) is 3.